The summed E-state index contributed by atoms with van der Waals surface area (Å²) in [5.74, 6) is 0.522. The molecule has 0 atom stereocenters. The van der Waals surface area contributed by atoms with Crippen LogP contribution in [0.4, 0.5) is 5.69 Å². The molecule has 0 spiro atoms. The zero-order chi connectivity index (χ0) is 13.1. The number of halogens is 2. The third-order valence-corrected chi connectivity index (χ3v) is 2.89. The molecule has 0 N–H and O–H groups in total. The van der Waals surface area contributed by atoms with Gasteiger partial charge in [0.2, 0.25) is 0 Å². The number of non-ortho nitro benzene ring substituents is 1. The zero-order valence-corrected chi connectivity index (χ0v) is 10.4. The minimum Gasteiger partial charge on any atom is -0.455 e. The average Bonchev–Trinajstić information content (AvgIpc) is 2.35. The van der Waals surface area contributed by atoms with Crippen LogP contribution in [0.25, 0.3) is 0 Å². The molecule has 0 bridgehead atoms. The van der Waals surface area contributed by atoms with E-state index in [1.807, 2.05) is 0 Å². The molecule has 4 nitrogen and oxygen atoms in total. The molecule has 0 amide bonds. The predicted octanol–water partition coefficient (Wildman–Crippen LogP) is 4.49. The number of benzene rings is 2. The lowest BCUT2D eigenvalue weighted by Gasteiger charge is -2.07. The van der Waals surface area contributed by atoms with E-state index in [1.165, 1.54) is 12.1 Å². The molecule has 6 heteroatoms. The summed E-state index contributed by atoms with van der Waals surface area (Å²) in [6, 6.07) is 11.8. The van der Waals surface area contributed by atoms with Crippen LogP contribution in [0.2, 0.25) is 10.0 Å². The summed E-state index contributed by atoms with van der Waals surface area (Å²) in [6.45, 7) is 0. The van der Waals surface area contributed by atoms with Crippen molar-refractivity contribution in [2.75, 3.05) is 0 Å². The molecule has 2 aromatic carbocycles. The Hall–Kier alpha value is -1.78. The van der Waals surface area contributed by atoms with Crippen molar-refractivity contribution in [1.82, 2.24) is 0 Å². The van der Waals surface area contributed by atoms with Gasteiger partial charge in [-0.3, -0.25) is 10.1 Å². The molecule has 0 aliphatic heterocycles. The van der Waals surface area contributed by atoms with Crippen LogP contribution >= 0.6 is 23.2 Å². The van der Waals surface area contributed by atoms with E-state index in [2.05, 4.69) is 6.07 Å². The molecular formula is C12H6Cl2NO3. The predicted molar refractivity (Wildman–Crippen MR) is 68.5 cm³/mol. The Morgan fingerprint density at radius 2 is 1.89 bits per heavy atom. The number of nitro benzene ring substituents is 1. The van der Waals surface area contributed by atoms with Gasteiger partial charge >= 0.3 is 0 Å². The average molecular weight is 283 g/mol. The Morgan fingerprint density at radius 3 is 2.61 bits per heavy atom. The Morgan fingerprint density at radius 1 is 1.17 bits per heavy atom. The van der Waals surface area contributed by atoms with Crippen LogP contribution in [-0.2, 0) is 0 Å². The van der Waals surface area contributed by atoms with E-state index in [1.54, 1.807) is 24.3 Å². The summed E-state index contributed by atoms with van der Waals surface area (Å²) < 4.78 is 5.40. The first kappa shape index (κ1) is 12.7. The van der Waals surface area contributed by atoms with Crippen molar-refractivity contribution in [3.63, 3.8) is 0 Å². The van der Waals surface area contributed by atoms with Gasteiger partial charge in [-0.1, -0.05) is 35.3 Å². The topological polar surface area (TPSA) is 52.4 Å². The van der Waals surface area contributed by atoms with Crippen molar-refractivity contribution >= 4 is 28.9 Å². The van der Waals surface area contributed by atoms with Crippen LogP contribution in [0.5, 0.6) is 11.5 Å². The van der Waals surface area contributed by atoms with E-state index >= 15 is 0 Å². The SMILES string of the molecule is O=[N+]([O-])c1[c]c(Oc2cccc(Cl)c2Cl)ccc1. The van der Waals surface area contributed by atoms with E-state index in [4.69, 9.17) is 27.9 Å². The first-order chi connectivity index (χ1) is 8.58. The first-order valence-electron chi connectivity index (χ1n) is 4.86. The molecule has 0 unspecified atom stereocenters. The molecule has 0 aliphatic rings. The quantitative estimate of drug-likeness (QED) is 0.615. The van der Waals surface area contributed by atoms with Crippen LogP contribution in [-0.4, -0.2) is 4.92 Å². The Bertz CT molecular complexity index is 602. The fourth-order valence-electron chi connectivity index (χ4n) is 1.28. The van der Waals surface area contributed by atoms with Crippen molar-refractivity contribution in [3.05, 3.63) is 62.6 Å². The second-order valence-corrected chi connectivity index (χ2v) is 4.10. The Balaban J connectivity index is 2.31. The van der Waals surface area contributed by atoms with Crippen LogP contribution < -0.4 is 4.74 Å². The molecule has 0 fully saturated rings. The maximum Gasteiger partial charge on any atom is 0.281 e. The number of rotatable bonds is 3. The minimum absolute atomic E-state index is 0.175. The largest absolute Gasteiger partial charge is 0.455 e. The van der Waals surface area contributed by atoms with Gasteiger partial charge in [0.05, 0.1) is 9.95 Å². The highest BCUT2D eigenvalue weighted by Crippen LogP contribution is 2.34. The molecule has 0 saturated heterocycles. The normalized spacial score (nSPS) is 10.1. The van der Waals surface area contributed by atoms with Gasteiger partial charge in [-0.25, -0.2) is 0 Å². The molecular weight excluding hydrogens is 277 g/mol. The monoisotopic (exact) mass is 282 g/mol. The molecule has 18 heavy (non-hydrogen) atoms. The maximum absolute atomic E-state index is 10.6. The molecule has 1 radical (unpaired) electrons. The highest BCUT2D eigenvalue weighted by Gasteiger charge is 2.10. The van der Waals surface area contributed by atoms with Gasteiger partial charge < -0.3 is 4.74 Å². The van der Waals surface area contributed by atoms with Crippen LogP contribution in [0.15, 0.2) is 36.4 Å². The molecule has 2 aromatic rings. The van der Waals surface area contributed by atoms with Gasteiger partial charge in [-0.05, 0) is 18.2 Å². The Kier molecular flexibility index (Phi) is 3.69. The van der Waals surface area contributed by atoms with Crippen molar-refractivity contribution in [3.8, 4) is 11.5 Å². The summed E-state index contributed by atoms with van der Waals surface area (Å²) in [6.07, 6.45) is 0. The number of nitrogens with zero attached hydrogens (tertiary/aromatic N) is 1. The summed E-state index contributed by atoms with van der Waals surface area (Å²) in [4.78, 5) is 10.0. The van der Waals surface area contributed by atoms with Crippen molar-refractivity contribution in [2.24, 2.45) is 0 Å². The minimum atomic E-state index is -0.549. The highest BCUT2D eigenvalue weighted by atomic mass is 35.5. The molecule has 91 valence electrons. The van der Waals surface area contributed by atoms with Gasteiger partial charge in [0.15, 0.2) is 0 Å². The van der Waals surface area contributed by atoms with E-state index < -0.39 is 4.92 Å². The Labute approximate surface area is 113 Å². The fraction of sp³-hybridized carbons (Fsp3) is 0. The molecule has 0 aliphatic carbocycles. The second kappa shape index (κ2) is 5.25. The summed E-state index contributed by atoms with van der Waals surface area (Å²) in [7, 11) is 0. The second-order valence-electron chi connectivity index (χ2n) is 3.31. The van der Waals surface area contributed by atoms with Gasteiger partial charge in [-0.15, -0.1) is 0 Å². The number of nitro groups is 1. The lowest BCUT2D eigenvalue weighted by atomic mass is 10.3. The fourth-order valence-corrected chi connectivity index (χ4v) is 1.61. The summed E-state index contributed by atoms with van der Waals surface area (Å²) in [5.41, 5.74) is -0.175. The smallest absolute Gasteiger partial charge is 0.281 e. The van der Waals surface area contributed by atoms with E-state index in [-0.39, 0.29) is 16.5 Å². The molecule has 0 heterocycles. The first-order valence-corrected chi connectivity index (χ1v) is 5.62. The van der Waals surface area contributed by atoms with Gasteiger partial charge in [0.1, 0.15) is 22.6 Å². The van der Waals surface area contributed by atoms with E-state index in [0.29, 0.717) is 10.8 Å². The van der Waals surface area contributed by atoms with Gasteiger partial charge in [0, 0.05) is 6.07 Å². The zero-order valence-electron chi connectivity index (χ0n) is 8.89. The lowest BCUT2D eigenvalue weighted by Crippen LogP contribution is -1.90. The van der Waals surface area contributed by atoms with E-state index in [9.17, 15) is 10.1 Å². The van der Waals surface area contributed by atoms with Gasteiger partial charge in [-0.2, -0.15) is 0 Å². The highest BCUT2D eigenvalue weighted by molar-refractivity contribution is 6.42. The molecule has 0 saturated carbocycles. The van der Waals surface area contributed by atoms with E-state index in [0.717, 1.165) is 0 Å². The van der Waals surface area contributed by atoms with Crippen LogP contribution in [0.3, 0.4) is 0 Å². The third-order valence-electron chi connectivity index (χ3n) is 2.09. The van der Waals surface area contributed by atoms with Crippen molar-refractivity contribution < 1.29 is 9.66 Å². The number of ether oxygens (including phenoxy) is 1. The summed E-state index contributed by atoms with van der Waals surface area (Å²) >= 11 is 11.8. The van der Waals surface area contributed by atoms with Crippen LogP contribution in [0, 0.1) is 16.2 Å². The van der Waals surface area contributed by atoms with Gasteiger partial charge in [0.25, 0.3) is 5.69 Å². The number of hydrogen-bond acceptors (Lipinski definition) is 3. The van der Waals surface area contributed by atoms with Crippen LogP contribution in [0.1, 0.15) is 0 Å². The summed E-state index contributed by atoms with van der Waals surface area (Å²) in [5, 5.41) is 11.2. The van der Waals surface area contributed by atoms with Crippen molar-refractivity contribution in [1.29, 1.82) is 0 Å². The maximum atomic E-state index is 10.6. The standard InChI is InChI=1S/C12H6Cl2NO3/c13-10-5-2-6-11(12(10)14)18-9-4-1-3-8(7-9)15(16)17/h1-6H. The molecule has 0 aromatic heterocycles. The molecule has 2 rings (SSSR count). The van der Waals surface area contributed by atoms with Crippen molar-refractivity contribution in [2.45, 2.75) is 0 Å². The third kappa shape index (κ3) is 2.72. The number of hydrogen-bond donors (Lipinski definition) is 0. The lowest BCUT2D eigenvalue weighted by molar-refractivity contribution is -0.385.